The molecule has 0 aliphatic carbocycles. The second-order valence-corrected chi connectivity index (χ2v) is 3.54. The fourth-order valence-electron chi connectivity index (χ4n) is 0.967. The van der Waals surface area contributed by atoms with Crippen LogP contribution in [0.1, 0.15) is 0 Å². The number of nitrogens with one attached hydrogen (secondary N) is 1. The van der Waals surface area contributed by atoms with E-state index in [4.69, 9.17) is 0 Å². The van der Waals surface area contributed by atoms with E-state index in [1.165, 1.54) is 6.26 Å². The Morgan fingerprint density at radius 1 is 1.62 bits per heavy atom. The summed E-state index contributed by atoms with van der Waals surface area (Å²) in [6.45, 7) is 1.19. The molecule has 0 aromatic carbocycles. The van der Waals surface area contributed by atoms with Crippen molar-refractivity contribution in [1.29, 1.82) is 0 Å². The Balaban J connectivity index is 2.62. The summed E-state index contributed by atoms with van der Waals surface area (Å²) >= 11 is 0.762. The summed E-state index contributed by atoms with van der Waals surface area (Å²) in [5.41, 5.74) is 0. The Labute approximate surface area is 79.0 Å². The van der Waals surface area contributed by atoms with Crippen molar-refractivity contribution in [2.75, 3.05) is 19.3 Å². The molecule has 0 bridgehead atoms. The van der Waals surface area contributed by atoms with Crippen molar-refractivity contribution in [2.24, 2.45) is 0 Å². The predicted molar refractivity (Wildman–Crippen MR) is 47.7 cm³/mol. The zero-order chi connectivity index (χ0) is 9.90. The van der Waals surface area contributed by atoms with Crippen molar-refractivity contribution >= 4 is 11.8 Å². The first kappa shape index (κ1) is 10.6. The molecule has 0 aromatic heterocycles. The average molecular weight is 211 g/mol. The fraction of sp³-hybridized carbons (Fsp3) is 0.714. The van der Waals surface area contributed by atoms with Crippen molar-refractivity contribution in [1.82, 2.24) is 5.32 Å². The Morgan fingerprint density at radius 3 is 2.69 bits per heavy atom. The lowest BCUT2D eigenvalue weighted by Gasteiger charge is -2.18. The Kier molecular flexibility index (Phi) is 3.35. The maximum Gasteiger partial charge on any atom is 0.403 e. The highest BCUT2D eigenvalue weighted by Gasteiger charge is 2.37. The van der Waals surface area contributed by atoms with E-state index in [9.17, 15) is 13.2 Å². The molecule has 13 heavy (non-hydrogen) atoms. The van der Waals surface area contributed by atoms with E-state index in [1.54, 1.807) is 0 Å². The number of hydrogen-bond acceptors (Lipinski definition) is 2. The molecule has 1 rings (SSSR count). The van der Waals surface area contributed by atoms with E-state index in [0.717, 1.165) is 17.8 Å². The molecular weight excluding hydrogens is 201 g/mol. The molecule has 1 aliphatic heterocycles. The van der Waals surface area contributed by atoms with Gasteiger partial charge in [-0.25, -0.2) is 0 Å². The van der Waals surface area contributed by atoms with Gasteiger partial charge < -0.3 is 10.6 Å². The minimum Gasteiger partial charge on any atom is -0.482 e. The highest BCUT2D eigenvalue weighted by molar-refractivity contribution is 7.99. The number of nitrogens with zero attached hydrogens (tertiary/aromatic N) is 1. The molecule has 1 N–H and O–H groups in total. The van der Waals surface area contributed by atoms with Crippen LogP contribution >= 0.6 is 11.8 Å². The molecule has 1 aliphatic rings. The first-order valence-corrected chi connectivity index (χ1v) is 5.05. The summed E-state index contributed by atoms with van der Waals surface area (Å²) in [5, 5.41) is 5.19. The third-order valence-corrected chi connectivity index (χ3v) is 2.50. The average Bonchev–Trinajstić information content (AvgIpc) is 2.49. The van der Waals surface area contributed by atoms with E-state index in [1.807, 2.05) is 0 Å². The molecule has 0 amide bonds. The van der Waals surface area contributed by atoms with Crippen LogP contribution in [-0.2, 0) is 0 Å². The van der Waals surface area contributed by atoms with Crippen LogP contribution in [0.3, 0.4) is 0 Å². The number of thioether (sulfide) groups is 1. The summed E-state index contributed by atoms with van der Waals surface area (Å²) in [5.74, 6) is 0.358. The standard InChI is InChI=1S/C7H10F3N2S/c1-13-5(7(8,9)10)4-6-11-2-3-12-6/h4-5,11H,2-3H2,1H3/q-1/b6-4+. The maximum absolute atomic E-state index is 12.2. The van der Waals surface area contributed by atoms with Gasteiger partial charge in [-0.05, 0) is 6.26 Å². The molecule has 1 heterocycles. The van der Waals surface area contributed by atoms with Gasteiger partial charge in [-0.15, -0.1) is 11.8 Å². The normalized spacial score (nSPS) is 22.6. The fourth-order valence-corrected chi connectivity index (χ4v) is 1.50. The third kappa shape index (κ3) is 3.02. The second kappa shape index (κ2) is 4.13. The lowest BCUT2D eigenvalue weighted by Crippen LogP contribution is -2.24. The lowest BCUT2D eigenvalue weighted by molar-refractivity contribution is -0.120. The van der Waals surface area contributed by atoms with Gasteiger partial charge in [-0.3, -0.25) is 0 Å². The van der Waals surface area contributed by atoms with Gasteiger partial charge in [0.05, 0.1) is 0 Å². The van der Waals surface area contributed by atoms with Crippen molar-refractivity contribution in [3.63, 3.8) is 0 Å². The van der Waals surface area contributed by atoms with Crippen LogP contribution in [0.15, 0.2) is 11.9 Å². The largest absolute Gasteiger partial charge is 0.482 e. The lowest BCUT2D eigenvalue weighted by atomic mass is 10.4. The highest BCUT2D eigenvalue weighted by Crippen LogP contribution is 2.31. The second-order valence-electron chi connectivity index (χ2n) is 2.56. The number of halogens is 3. The molecule has 0 aromatic rings. The van der Waals surface area contributed by atoms with E-state index >= 15 is 0 Å². The maximum atomic E-state index is 12.2. The van der Waals surface area contributed by atoms with Crippen molar-refractivity contribution in [3.8, 4) is 0 Å². The predicted octanol–water partition coefficient (Wildman–Crippen LogP) is 2.10. The van der Waals surface area contributed by atoms with E-state index in [2.05, 4.69) is 10.6 Å². The molecule has 1 unspecified atom stereocenters. The van der Waals surface area contributed by atoms with Crippen LogP contribution in [0.25, 0.3) is 5.32 Å². The van der Waals surface area contributed by atoms with Crippen LogP contribution in [-0.4, -0.2) is 30.8 Å². The molecule has 2 nitrogen and oxygen atoms in total. The van der Waals surface area contributed by atoms with Crippen LogP contribution < -0.4 is 5.32 Å². The zero-order valence-corrected chi connectivity index (χ0v) is 7.87. The van der Waals surface area contributed by atoms with E-state index in [-0.39, 0.29) is 0 Å². The van der Waals surface area contributed by atoms with Crippen molar-refractivity contribution in [3.05, 3.63) is 17.2 Å². The molecule has 1 saturated heterocycles. The van der Waals surface area contributed by atoms with Crippen molar-refractivity contribution < 1.29 is 13.2 Å². The zero-order valence-electron chi connectivity index (χ0n) is 7.06. The van der Waals surface area contributed by atoms with Gasteiger partial charge in [0.2, 0.25) is 0 Å². The van der Waals surface area contributed by atoms with Gasteiger partial charge >= 0.3 is 6.18 Å². The molecule has 76 valence electrons. The van der Waals surface area contributed by atoms with Gasteiger partial charge in [0.1, 0.15) is 5.25 Å². The van der Waals surface area contributed by atoms with Gasteiger partial charge in [0.25, 0.3) is 0 Å². The smallest absolute Gasteiger partial charge is 0.403 e. The topological polar surface area (TPSA) is 26.1 Å². The molecule has 0 radical (unpaired) electrons. The number of alkyl halides is 3. The molecule has 0 spiro atoms. The minimum absolute atomic E-state index is 0.358. The first-order chi connectivity index (χ1) is 6.04. The van der Waals surface area contributed by atoms with Crippen LogP contribution in [0.4, 0.5) is 13.2 Å². The molecule has 1 fully saturated rings. The molecule has 1 atom stereocenters. The summed E-state index contributed by atoms with van der Waals surface area (Å²) in [7, 11) is 0. The first-order valence-electron chi connectivity index (χ1n) is 3.76. The number of rotatable bonds is 2. The summed E-state index contributed by atoms with van der Waals surface area (Å²) in [6.07, 6.45) is -1.63. The highest BCUT2D eigenvalue weighted by atomic mass is 32.2. The van der Waals surface area contributed by atoms with Gasteiger partial charge in [0, 0.05) is 0 Å². The third-order valence-electron chi connectivity index (χ3n) is 1.59. The molecule has 6 heteroatoms. The Bertz CT molecular complexity index is 194. The number of hydrogen-bond donors (Lipinski definition) is 1. The van der Waals surface area contributed by atoms with Gasteiger partial charge in [-0.1, -0.05) is 25.0 Å². The Hall–Kier alpha value is -0.520. The van der Waals surface area contributed by atoms with Crippen molar-refractivity contribution in [2.45, 2.75) is 11.4 Å². The van der Waals surface area contributed by atoms with E-state index < -0.39 is 11.4 Å². The Morgan fingerprint density at radius 2 is 2.31 bits per heavy atom. The van der Waals surface area contributed by atoms with Crippen LogP contribution in [0.2, 0.25) is 0 Å². The van der Waals surface area contributed by atoms with Crippen LogP contribution in [0, 0.1) is 0 Å². The quantitative estimate of drug-likeness (QED) is 0.757. The summed E-state index contributed by atoms with van der Waals surface area (Å²) < 4.78 is 36.7. The van der Waals surface area contributed by atoms with Gasteiger partial charge in [0.15, 0.2) is 0 Å². The van der Waals surface area contributed by atoms with E-state index in [0.29, 0.717) is 18.9 Å². The summed E-state index contributed by atoms with van der Waals surface area (Å²) in [6, 6.07) is 0. The van der Waals surface area contributed by atoms with Gasteiger partial charge in [-0.2, -0.15) is 13.2 Å². The monoisotopic (exact) mass is 211 g/mol. The minimum atomic E-state index is -4.19. The molecular formula is C7H10F3N2S-. The van der Waals surface area contributed by atoms with Crippen LogP contribution in [0.5, 0.6) is 0 Å². The SMILES string of the molecule is CSC(/C=C1/[N-]CCN1)C(F)(F)F. The summed E-state index contributed by atoms with van der Waals surface area (Å²) in [4.78, 5) is 0. The molecule has 0 saturated carbocycles.